The molecule has 28 heavy (non-hydrogen) atoms. The van der Waals surface area contributed by atoms with Crippen molar-refractivity contribution < 1.29 is 27.1 Å². The molecule has 0 amide bonds. The summed E-state index contributed by atoms with van der Waals surface area (Å²) in [7, 11) is 1.23. The van der Waals surface area contributed by atoms with Crippen LogP contribution in [0.15, 0.2) is 46.2 Å². The Morgan fingerprint density at radius 1 is 1.25 bits per heavy atom. The maximum absolute atomic E-state index is 13.1. The molecule has 1 atom stereocenters. The molecule has 0 aliphatic heterocycles. The van der Waals surface area contributed by atoms with E-state index in [2.05, 4.69) is 19.9 Å². The minimum absolute atomic E-state index is 0.0131. The fourth-order valence-electron chi connectivity index (χ4n) is 2.41. The fraction of sp³-hybridized carbons (Fsp3) is 0.294. The van der Waals surface area contributed by atoms with E-state index in [1.807, 2.05) is 0 Å². The predicted molar refractivity (Wildman–Crippen MR) is 93.6 cm³/mol. The van der Waals surface area contributed by atoms with E-state index in [0.29, 0.717) is 11.3 Å². The zero-order valence-corrected chi connectivity index (χ0v) is 15.6. The molecule has 0 fully saturated rings. The normalized spacial score (nSPS) is 12.8. The number of nitrogens with zero attached hydrogens (tertiary/aromatic N) is 4. The van der Waals surface area contributed by atoms with Crippen LogP contribution in [0.5, 0.6) is 0 Å². The molecule has 3 rings (SSSR count). The van der Waals surface area contributed by atoms with Gasteiger partial charge < -0.3 is 9.15 Å². The van der Waals surface area contributed by atoms with E-state index in [-0.39, 0.29) is 16.7 Å². The molecular formula is C17H15F3N4O3S. The lowest BCUT2D eigenvalue weighted by atomic mass is 10.2. The number of carbonyl (C=O) groups is 1. The SMILES string of the molecule is COC(=O)c1ccc(C(C)Sc2nnc(-c3ccncc3)n2CC(F)(F)F)o1. The molecule has 7 nitrogen and oxygen atoms in total. The number of methoxy groups -OCH3 is 1. The van der Waals surface area contributed by atoms with Gasteiger partial charge in [0, 0.05) is 18.0 Å². The molecule has 3 aromatic rings. The first kappa shape index (κ1) is 19.9. The van der Waals surface area contributed by atoms with Gasteiger partial charge in [-0.25, -0.2) is 4.79 Å². The minimum atomic E-state index is -4.45. The smallest absolute Gasteiger partial charge is 0.406 e. The van der Waals surface area contributed by atoms with Crippen molar-refractivity contribution >= 4 is 17.7 Å². The lowest BCUT2D eigenvalue weighted by Crippen LogP contribution is -2.19. The van der Waals surface area contributed by atoms with E-state index in [1.54, 1.807) is 25.1 Å². The molecule has 1 unspecified atom stereocenters. The first-order chi connectivity index (χ1) is 13.3. The number of thioether (sulfide) groups is 1. The van der Waals surface area contributed by atoms with Crippen LogP contribution < -0.4 is 0 Å². The van der Waals surface area contributed by atoms with E-state index >= 15 is 0 Å². The van der Waals surface area contributed by atoms with Crippen molar-refractivity contribution in [3.05, 3.63) is 48.2 Å². The summed E-state index contributed by atoms with van der Waals surface area (Å²) in [6, 6.07) is 6.13. The zero-order chi connectivity index (χ0) is 20.3. The Balaban J connectivity index is 1.90. The highest BCUT2D eigenvalue weighted by Gasteiger charge is 2.32. The second kappa shape index (κ2) is 8.05. The van der Waals surface area contributed by atoms with E-state index in [9.17, 15) is 18.0 Å². The molecule has 0 spiro atoms. The average molecular weight is 412 g/mol. The maximum Gasteiger partial charge on any atom is 0.406 e. The van der Waals surface area contributed by atoms with Gasteiger partial charge in [0.25, 0.3) is 0 Å². The molecule has 11 heteroatoms. The molecule has 0 aromatic carbocycles. The van der Waals surface area contributed by atoms with Crippen molar-refractivity contribution in [2.45, 2.75) is 30.1 Å². The van der Waals surface area contributed by atoms with Crippen molar-refractivity contribution in [1.82, 2.24) is 19.7 Å². The standard InChI is InChI=1S/C17H15F3N4O3S/c1-10(12-3-4-13(27-12)15(25)26-2)28-16-23-22-14(11-5-7-21-8-6-11)24(16)9-17(18,19)20/h3-8,10H,9H2,1-2H3. The van der Waals surface area contributed by atoms with Crippen molar-refractivity contribution in [3.8, 4) is 11.4 Å². The van der Waals surface area contributed by atoms with Gasteiger partial charge in [-0.3, -0.25) is 9.55 Å². The molecular weight excluding hydrogens is 397 g/mol. The second-order valence-corrected chi connectivity index (χ2v) is 7.01. The topological polar surface area (TPSA) is 83.0 Å². The van der Waals surface area contributed by atoms with Crippen LogP contribution in [0.25, 0.3) is 11.4 Å². The monoisotopic (exact) mass is 412 g/mol. The number of ether oxygens (including phenoxy) is 1. The highest BCUT2D eigenvalue weighted by molar-refractivity contribution is 7.99. The Kier molecular flexibility index (Phi) is 5.73. The predicted octanol–water partition coefficient (Wildman–Crippen LogP) is 4.14. The van der Waals surface area contributed by atoms with Crippen LogP contribution in [0, 0.1) is 0 Å². The molecule has 148 valence electrons. The molecule has 0 N–H and O–H groups in total. The number of furan rings is 1. The number of hydrogen-bond donors (Lipinski definition) is 0. The lowest BCUT2D eigenvalue weighted by molar-refractivity contribution is -0.141. The van der Waals surface area contributed by atoms with Gasteiger partial charge in [-0.05, 0) is 31.2 Å². The summed E-state index contributed by atoms with van der Waals surface area (Å²) in [6.45, 7) is 0.488. The highest BCUT2D eigenvalue weighted by Crippen LogP contribution is 2.37. The van der Waals surface area contributed by atoms with E-state index in [0.717, 1.165) is 16.3 Å². The van der Waals surface area contributed by atoms with Gasteiger partial charge in [-0.1, -0.05) is 11.8 Å². The number of aromatic nitrogens is 4. The summed E-state index contributed by atoms with van der Waals surface area (Å²) in [6.07, 6.45) is -1.52. The van der Waals surface area contributed by atoms with Crippen LogP contribution >= 0.6 is 11.8 Å². The van der Waals surface area contributed by atoms with E-state index < -0.39 is 23.9 Å². The van der Waals surface area contributed by atoms with Crippen molar-refractivity contribution in [2.75, 3.05) is 7.11 Å². The molecule has 3 heterocycles. The highest BCUT2D eigenvalue weighted by atomic mass is 32.2. The van der Waals surface area contributed by atoms with Crippen molar-refractivity contribution in [2.24, 2.45) is 0 Å². The fourth-order valence-corrected chi connectivity index (χ4v) is 3.34. The van der Waals surface area contributed by atoms with Gasteiger partial charge in [-0.2, -0.15) is 13.2 Å². The van der Waals surface area contributed by atoms with Gasteiger partial charge in [0.1, 0.15) is 12.3 Å². The summed E-state index contributed by atoms with van der Waals surface area (Å²) >= 11 is 1.04. The van der Waals surface area contributed by atoms with Gasteiger partial charge in [0.05, 0.1) is 12.4 Å². The molecule has 3 aromatic heterocycles. The van der Waals surface area contributed by atoms with Crippen LogP contribution in [0.4, 0.5) is 13.2 Å². The third kappa shape index (κ3) is 4.53. The molecule has 0 aliphatic carbocycles. The summed E-state index contributed by atoms with van der Waals surface area (Å²) in [4.78, 5) is 15.4. The summed E-state index contributed by atoms with van der Waals surface area (Å²) in [5.74, 6) is -0.135. The number of carbonyl (C=O) groups excluding carboxylic acids is 1. The number of esters is 1. The number of pyridine rings is 1. The van der Waals surface area contributed by atoms with Crippen LogP contribution in [-0.2, 0) is 11.3 Å². The number of hydrogen-bond acceptors (Lipinski definition) is 7. The van der Waals surface area contributed by atoms with Gasteiger partial charge in [-0.15, -0.1) is 10.2 Å². The minimum Gasteiger partial charge on any atom is -0.463 e. The Bertz CT molecular complexity index is 956. The second-order valence-electron chi connectivity index (χ2n) is 5.70. The van der Waals surface area contributed by atoms with Crippen LogP contribution in [0.1, 0.15) is 28.5 Å². The molecule has 0 radical (unpaired) electrons. The van der Waals surface area contributed by atoms with E-state index in [1.165, 1.54) is 25.6 Å². The van der Waals surface area contributed by atoms with Crippen molar-refractivity contribution in [1.29, 1.82) is 0 Å². The number of halogens is 3. The summed E-state index contributed by atoms with van der Waals surface area (Å²) < 4.78 is 50.4. The maximum atomic E-state index is 13.1. The zero-order valence-electron chi connectivity index (χ0n) is 14.8. The molecule has 0 bridgehead atoms. The molecule has 0 aliphatic rings. The summed E-state index contributed by atoms with van der Waals surface area (Å²) in [5, 5.41) is 7.51. The third-order valence-electron chi connectivity index (χ3n) is 3.69. The first-order valence-electron chi connectivity index (χ1n) is 8.03. The van der Waals surface area contributed by atoms with E-state index in [4.69, 9.17) is 4.42 Å². The Morgan fingerprint density at radius 3 is 2.61 bits per heavy atom. The Hall–Kier alpha value is -2.82. The van der Waals surface area contributed by atoms with Crippen molar-refractivity contribution in [3.63, 3.8) is 0 Å². The third-order valence-corrected chi connectivity index (χ3v) is 4.79. The largest absolute Gasteiger partial charge is 0.463 e. The number of rotatable bonds is 6. The Morgan fingerprint density at radius 2 is 1.96 bits per heavy atom. The first-order valence-corrected chi connectivity index (χ1v) is 8.91. The van der Waals surface area contributed by atoms with Crippen LogP contribution in [0.3, 0.4) is 0 Å². The van der Waals surface area contributed by atoms with Crippen LogP contribution in [-0.4, -0.2) is 39.0 Å². The van der Waals surface area contributed by atoms with Gasteiger partial charge >= 0.3 is 12.1 Å². The quantitative estimate of drug-likeness (QED) is 0.445. The van der Waals surface area contributed by atoms with Gasteiger partial charge in [0.2, 0.25) is 5.76 Å². The van der Waals surface area contributed by atoms with Crippen LogP contribution in [0.2, 0.25) is 0 Å². The lowest BCUT2D eigenvalue weighted by Gasteiger charge is -2.14. The summed E-state index contributed by atoms with van der Waals surface area (Å²) in [5.41, 5.74) is 0.470. The van der Waals surface area contributed by atoms with Gasteiger partial charge in [0.15, 0.2) is 11.0 Å². The molecule has 0 saturated carbocycles. The molecule has 0 saturated heterocycles. The average Bonchev–Trinajstić information content (AvgIpc) is 3.29. The Labute approximate surface area is 161 Å². The number of alkyl halides is 3.